The number of hydrogen-bond donors (Lipinski definition) is 1. The fourth-order valence-electron chi connectivity index (χ4n) is 1.88. The van der Waals surface area contributed by atoms with Crippen molar-refractivity contribution in [2.75, 3.05) is 0 Å². The van der Waals surface area contributed by atoms with E-state index in [-0.39, 0.29) is 6.10 Å². The van der Waals surface area contributed by atoms with E-state index in [1.165, 1.54) is 5.56 Å². The molecule has 1 N–H and O–H groups in total. The Kier molecular flexibility index (Phi) is 5.18. The van der Waals surface area contributed by atoms with E-state index >= 15 is 0 Å². The minimum absolute atomic E-state index is 0.207. The van der Waals surface area contributed by atoms with Gasteiger partial charge in [-0.2, -0.15) is 0 Å². The summed E-state index contributed by atoms with van der Waals surface area (Å²) in [7, 11) is 0. The molecule has 0 bridgehead atoms. The van der Waals surface area contributed by atoms with E-state index in [2.05, 4.69) is 22.4 Å². The summed E-state index contributed by atoms with van der Waals surface area (Å²) in [6.07, 6.45) is 2.82. The van der Waals surface area contributed by atoms with E-state index in [0.29, 0.717) is 6.54 Å². The van der Waals surface area contributed by atoms with Crippen LogP contribution < -0.4 is 10.1 Å². The number of hydrogen-bond acceptors (Lipinski definition) is 4. The molecule has 0 saturated heterocycles. The lowest BCUT2D eigenvalue weighted by Crippen LogP contribution is -2.12. The molecule has 4 heteroatoms. The number of rotatable bonds is 7. The fraction of sp³-hybridized carbons (Fsp3) is 0.438. The van der Waals surface area contributed by atoms with Crippen LogP contribution in [0.5, 0.6) is 5.75 Å². The van der Waals surface area contributed by atoms with E-state index < -0.39 is 0 Å². The lowest BCUT2D eigenvalue weighted by molar-refractivity contribution is 0.242. The van der Waals surface area contributed by atoms with Crippen molar-refractivity contribution in [3.63, 3.8) is 0 Å². The highest BCUT2D eigenvalue weighted by Crippen LogP contribution is 2.14. The lowest BCUT2D eigenvalue weighted by atomic mass is 10.2. The fourth-order valence-corrected chi connectivity index (χ4v) is 1.88. The Hall–Kier alpha value is -1.81. The van der Waals surface area contributed by atoms with Crippen LogP contribution >= 0.6 is 0 Å². The molecule has 20 heavy (non-hydrogen) atoms. The van der Waals surface area contributed by atoms with Crippen molar-refractivity contribution in [2.24, 2.45) is 0 Å². The number of ether oxygens (including phenoxy) is 1. The first-order chi connectivity index (χ1) is 9.67. The number of aryl methyl sites for hydroxylation is 1. The summed E-state index contributed by atoms with van der Waals surface area (Å²) < 4.78 is 11.2. The van der Waals surface area contributed by atoms with Gasteiger partial charge in [-0.25, -0.2) is 4.98 Å². The molecule has 108 valence electrons. The second kappa shape index (κ2) is 7.10. The van der Waals surface area contributed by atoms with Gasteiger partial charge in [0.1, 0.15) is 11.5 Å². The molecule has 1 heterocycles. The molecule has 0 aliphatic heterocycles. The van der Waals surface area contributed by atoms with Crippen molar-refractivity contribution in [3.05, 3.63) is 47.7 Å². The highest BCUT2D eigenvalue weighted by Gasteiger charge is 2.02. The first kappa shape index (κ1) is 14.6. The van der Waals surface area contributed by atoms with Crippen LogP contribution in [0.2, 0.25) is 0 Å². The second-order valence-corrected chi connectivity index (χ2v) is 4.99. The normalized spacial score (nSPS) is 11.0. The summed E-state index contributed by atoms with van der Waals surface area (Å²) >= 11 is 0. The van der Waals surface area contributed by atoms with E-state index in [9.17, 15) is 0 Å². The Labute approximate surface area is 120 Å². The molecule has 1 aromatic carbocycles. The molecule has 4 nitrogen and oxygen atoms in total. The second-order valence-electron chi connectivity index (χ2n) is 4.99. The topological polar surface area (TPSA) is 47.3 Å². The van der Waals surface area contributed by atoms with E-state index in [4.69, 9.17) is 9.15 Å². The molecule has 0 aliphatic rings. The van der Waals surface area contributed by atoms with E-state index in [1.54, 1.807) is 6.20 Å². The van der Waals surface area contributed by atoms with Gasteiger partial charge in [0.25, 0.3) is 0 Å². The van der Waals surface area contributed by atoms with Crippen LogP contribution in [0.4, 0.5) is 0 Å². The van der Waals surface area contributed by atoms with Crippen molar-refractivity contribution in [1.29, 1.82) is 0 Å². The van der Waals surface area contributed by atoms with Gasteiger partial charge in [0.2, 0.25) is 0 Å². The number of nitrogens with zero attached hydrogens (tertiary/aromatic N) is 1. The molecule has 0 aliphatic carbocycles. The molecule has 0 amide bonds. The zero-order valence-electron chi connectivity index (χ0n) is 12.3. The van der Waals surface area contributed by atoms with Crippen LogP contribution in [0.1, 0.15) is 38.0 Å². The molecule has 0 saturated carbocycles. The Morgan fingerprint density at radius 2 is 1.95 bits per heavy atom. The number of aromatic nitrogens is 1. The largest absolute Gasteiger partial charge is 0.491 e. The van der Waals surface area contributed by atoms with Gasteiger partial charge in [-0.15, -0.1) is 0 Å². The SMILES string of the molecule is CCc1ncc(CNCc2ccc(OC(C)C)cc2)o1. The molecular weight excluding hydrogens is 252 g/mol. The zero-order valence-corrected chi connectivity index (χ0v) is 12.3. The highest BCUT2D eigenvalue weighted by atomic mass is 16.5. The first-order valence-corrected chi connectivity index (χ1v) is 7.07. The summed E-state index contributed by atoms with van der Waals surface area (Å²) in [5, 5.41) is 3.34. The van der Waals surface area contributed by atoms with E-state index in [1.807, 2.05) is 32.9 Å². The molecule has 0 spiro atoms. The van der Waals surface area contributed by atoms with Gasteiger partial charge in [0.05, 0.1) is 18.8 Å². The molecule has 2 rings (SSSR count). The molecule has 0 atom stereocenters. The van der Waals surface area contributed by atoms with Crippen molar-refractivity contribution in [1.82, 2.24) is 10.3 Å². The Morgan fingerprint density at radius 3 is 2.55 bits per heavy atom. The minimum atomic E-state index is 0.207. The van der Waals surface area contributed by atoms with Crippen LogP contribution in [-0.2, 0) is 19.5 Å². The van der Waals surface area contributed by atoms with Gasteiger partial charge in [0, 0.05) is 13.0 Å². The van der Waals surface area contributed by atoms with Crippen molar-refractivity contribution in [3.8, 4) is 5.75 Å². The van der Waals surface area contributed by atoms with Crippen LogP contribution in [0.15, 0.2) is 34.9 Å². The number of oxazole rings is 1. The summed E-state index contributed by atoms with van der Waals surface area (Å²) in [6.45, 7) is 7.57. The Bertz CT molecular complexity index is 518. The van der Waals surface area contributed by atoms with Gasteiger partial charge in [-0.3, -0.25) is 0 Å². The molecule has 0 radical (unpaired) electrons. The smallest absolute Gasteiger partial charge is 0.194 e. The first-order valence-electron chi connectivity index (χ1n) is 7.07. The zero-order chi connectivity index (χ0) is 14.4. The van der Waals surface area contributed by atoms with Crippen LogP contribution in [0, 0.1) is 0 Å². The van der Waals surface area contributed by atoms with Gasteiger partial charge >= 0.3 is 0 Å². The standard InChI is InChI=1S/C16H22N2O2/c1-4-16-18-11-15(20-16)10-17-9-13-5-7-14(8-6-13)19-12(2)3/h5-8,11-12,17H,4,9-10H2,1-3H3. The van der Waals surface area contributed by atoms with Gasteiger partial charge in [-0.1, -0.05) is 19.1 Å². The summed E-state index contributed by atoms with van der Waals surface area (Å²) in [5.74, 6) is 2.57. The molecule has 0 unspecified atom stereocenters. The van der Waals surface area contributed by atoms with Crippen LogP contribution in [-0.4, -0.2) is 11.1 Å². The van der Waals surface area contributed by atoms with Gasteiger partial charge < -0.3 is 14.5 Å². The monoisotopic (exact) mass is 274 g/mol. The predicted octanol–water partition coefficient (Wildman–Crippen LogP) is 3.31. The minimum Gasteiger partial charge on any atom is -0.491 e. The maximum atomic E-state index is 5.61. The average Bonchev–Trinajstić information content (AvgIpc) is 2.88. The summed E-state index contributed by atoms with van der Waals surface area (Å²) in [4.78, 5) is 4.18. The lowest BCUT2D eigenvalue weighted by Gasteiger charge is -2.10. The van der Waals surface area contributed by atoms with Crippen molar-refractivity contribution < 1.29 is 9.15 Å². The maximum Gasteiger partial charge on any atom is 0.194 e. The third-order valence-electron chi connectivity index (χ3n) is 2.83. The molecule has 1 aromatic heterocycles. The summed E-state index contributed by atoms with van der Waals surface area (Å²) in [5.41, 5.74) is 1.22. The maximum absolute atomic E-state index is 5.61. The molecule has 2 aromatic rings. The van der Waals surface area contributed by atoms with Crippen LogP contribution in [0.3, 0.4) is 0 Å². The Balaban J connectivity index is 1.79. The van der Waals surface area contributed by atoms with Crippen molar-refractivity contribution >= 4 is 0 Å². The van der Waals surface area contributed by atoms with Gasteiger partial charge in [-0.05, 0) is 31.5 Å². The Morgan fingerprint density at radius 1 is 1.20 bits per heavy atom. The van der Waals surface area contributed by atoms with Gasteiger partial charge in [0.15, 0.2) is 5.89 Å². The van der Waals surface area contributed by atoms with E-state index in [0.717, 1.165) is 30.4 Å². The number of nitrogens with one attached hydrogen (secondary N) is 1. The van der Waals surface area contributed by atoms with Crippen molar-refractivity contribution in [2.45, 2.75) is 46.4 Å². The highest BCUT2D eigenvalue weighted by molar-refractivity contribution is 5.27. The predicted molar refractivity (Wildman–Crippen MR) is 78.6 cm³/mol. The number of benzene rings is 1. The van der Waals surface area contributed by atoms with Crippen LogP contribution in [0.25, 0.3) is 0 Å². The average molecular weight is 274 g/mol. The third kappa shape index (κ3) is 4.38. The third-order valence-corrected chi connectivity index (χ3v) is 2.83. The summed E-state index contributed by atoms with van der Waals surface area (Å²) in [6, 6.07) is 8.15. The molecular formula is C16H22N2O2. The quantitative estimate of drug-likeness (QED) is 0.841. The molecule has 0 fully saturated rings.